The Morgan fingerprint density at radius 2 is 2.04 bits per heavy atom. The van der Waals surface area contributed by atoms with Gasteiger partial charge in [-0.2, -0.15) is 0 Å². The van der Waals surface area contributed by atoms with Gasteiger partial charge in [0.05, 0.1) is 9.95 Å². The van der Waals surface area contributed by atoms with Gasteiger partial charge in [-0.25, -0.2) is 4.39 Å². The lowest BCUT2D eigenvalue weighted by Crippen LogP contribution is -2.12. The van der Waals surface area contributed by atoms with E-state index in [1.165, 1.54) is 36.4 Å². The van der Waals surface area contributed by atoms with Gasteiger partial charge in [-0.3, -0.25) is 14.9 Å². The maximum atomic E-state index is 13.0. The Morgan fingerprint density at radius 3 is 2.71 bits per heavy atom. The molecule has 2 aromatic carbocycles. The third-order valence-electron chi connectivity index (χ3n) is 3.82. The maximum absolute atomic E-state index is 13.0. The van der Waals surface area contributed by atoms with Crippen LogP contribution < -0.4 is 10.1 Å². The second kappa shape index (κ2) is 8.10. The molecular weight excluding hydrogens is 391 g/mol. The van der Waals surface area contributed by atoms with Crippen molar-refractivity contribution in [3.8, 4) is 5.75 Å². The summed E-state index contributed by atoms with van der Waals surface area (Å²) in [6.07, 6.45) is 0. The molecule has 0 fully saturated rings. The maximum Gasteiger partial charge on any atom is 0.291 e. The Bertz CT molecular complexity index is 1050. The van der Waals surface area contributed by atoms with Crippen molar-refractivity contribution in [3.63, 3.8) is 0 Å². The van der Waals surface area contributed by atoms with Crippen molar-refractivity contribution in [1.82, 2.24) is 0 Å². The van der Waals surface area contributed by atoms with E-state index < -0.39 is 16.6 Å². The van der Waals surface area contributed by atoms with Crippen molar-refractivity contribution < 1.29 is 23.3 Å². The fraction of sp³-hybridized carbons (Fsp3) is 0.105. The fourth-order valence-corrected chi connectivity index (χ4v) is 2.63. The number of anilines is 1. The molecule has 0 aliphatic carbocycles. The molecule has 144 valence electrons. The summed E-state index contributed by atoms with van der Waals surface area (Å²) in [6.45, 7) is 1.64. The third kappa shape index (κ3) is 4.47. The number of nitrogens with one attached hydrogen (secondary N) is 1. The first kappa shape index (κ1) is 19.4. The van der Waals surface area contributed by atoms with Gasteiger partial charge < -0.3 is 14.5 Å². The molecule has 1 amide bonds. The second-order valence-corrected chi connectivity index (χ2v) is 6.25. The minimum atomic E-state index is -0.511. The zero-order valence-electron chi connectivity index (χ0n) is 14.6. The average Bonchev–Trinajstić information content (AvgIpc) is 3.11. The number of furan rings is 1. The van der Waals surface area contributed by atoms with E-state index in [9.17, 15) is 19.3 Å². The number of carbonyl (C=O) groups is 1. The minimum absolute atomic E-state index is 0.00477. The average molecular weight is 405 g/mol. The van der Waals surface area contributed by atoms with E-state index in [-0.39, 0.29) is 28.8 Å². The Labute approximate surface area is 163 Å². The Hall–Kier alpha value is -3.39. The third-order valence-corrected chi connectivity index (χ3v) is 4.11. The highest BCUT2D eigenvalue weighted by Crippen LogP contribution is 2.26. The lowest BCUT2D eigenvalue weighted by atomic mass is 10.2. The zero-order valence-corrected chi connectivity index (χ0v) is 15.3. The van der Waals surface area contributed by atoms with Crippen LogP contribution in [0.2, 0.25) is 5.02 Å². The molecule has 0 aliphatic rings. The first-order valence-electron chi connectivity index (χ1n) is 8.06. The number of aryl methyl sites for hydroxylation is 1. The summed E-state index contributed by atoms with van der Waals surface area (Å²) in [5.41, 5.74) is 0.916. The molecule has 1 N–H and O–H groups in total. The van der Waals surface area contributed by atoms with Gasteiger partial charge in [-0.05, 0) is 48.9 Å². The lowest BCUT2D eigenvalue weighted by molar-refractivity contribution is -0.384. The van der Waals surface area contributed by atoms with Crippen molar-refractivity contribution in [1.29, 1.82) is 0 Å². The van der Waals surface area contributed by atoms with Crippen molar-refractivity contribution in [2.24, 2.45) is 0 Å². The Kier molecular flexibility index (Phi) is 5.60. The Morgan fingerprint density at radius 1 is 1.25 bits per heavy atom. The predicted molar refractivity (Wildman–Crippen MR) is 100 cm³/mol. The molecule has 0 radical (unpaired) electrons. The smallest absolute Gasteiger partial charge is 0.291 e. The van der Waals surface area contributed by atoms with Gasteiger partial charge in [0.1, 0.15) is 23.9 Å². The monoisotopic (exact) mass is 404 g/mol. The SMILES string of the molecule is Cc1cc([N+](=O)[O-])ccc1NC(=O)c1ccc(COc2ccc(F)cc2Cl)o1. The highest BCUT2D eigenvalue weighted by Gasteiger charge is 2.15. The molecule has 7 nitrogen and oxygen atoms in total. The number of benzene rings is 2. The number of halogens is 2. The molecule has 1 aromatic heterocycles. The number of carbonyl (C=O) groups excluding carboxylic acids is 1. The van der Waals surface area contributed by atoms with Crippen LogP contribution in [0.3, 0.4) is 0 Å². The standard InChI is InChI=1S/C19H14ClFN2O5/c1-11-8-13(23(25)26)3-5-16(11)22-19(24)18-7-4-14(28-18)10-27-17-6-2-12(21)9-15(17)20/h2-9H,10H2,1H3,(H,22,24). The van der Waals surface area contributed by atoms with Gasteiger partial charge in [0.15, 0.2) is 5.76 Å². The van der Waals surface area contributed by atoms with E-state index in [1.54, 1.807) is 13.0 Å². The molecule has 0 aliphatic heterocycles. The highest BCUT2D eigenvalue weighted by atomic mass is 35.5. The van der Waals surface area contributed by atoms with Crippen LogP contribution in [0.1, 0.15) is 21.9 Å². The second-order valence-electron chi connectivity index (χ2n) is 5.84. The minimum Gasteiger partial charge on any atom is -0.484 e. The number of nitro groups is 1. The van der Waals surface area contributed by atoms with Gasteiger partial charge in [0.2, 0.25) is 0 Å². The lowest BCUT2D eigenvalue weighted by Gasteiger charge is -2.07. The van der Waals surface area contributed by atoms with Crippen LogP contribution in [0.4, 0.5) is 15.8 Å². The first-order chi connectivity index (χ1) is 13.3. The van der Waals surface area contributed by atoms with Crippen molar-refractivity contribution in [2.45, 2.75) is 13.5 Å². The molecule has 9 heteroatoms. The summed E-state index contributed by atoms with van der Waals surface area (Å²) in [5, 5.41) is 13.5. The van der Waals surface area contributed by atoms with Crippen LogP contribution in [-0.2, 0) is 6.61 Å². The molecule has 3 aromatic rings. The highest BCUT2D eigenvalue weighted by molar-refractivity contribution is 6.32. The summed E-state index contributed by atoms with van der Waals surface area (Å²) in [6, 6.07) is 10.9. The van der Waals surface area contributed by atoms with E-state index in [0.29, 0.717) is 17.0 Å². The molecule has 0 unspecified atom stereocenters. The fourth-order valence-electron chi connectivity index (χ4n) is 2.40. The number of amides is 1. The van der Waals surface area contributed by atoms with Gasteiger partial charge in [-0.1, -0.05) is 11.6 Å². The van der Waals surface area contributed by atoms with Crippen molar-refractivity contribution in [2.75, 3.05) is 5.32 Å². The van der Waals surface area contributed by atoms with E-state index in [4.69, 9.17) is 20.8 Å². The molecule has 1 heterocycles. The molecule has 3 rings (SSSR count). The van der Waals surface area contributed by atoms with Crippen LogP contribution in [0.5, 0.6) is 5.75 Å². The zero-order chi connectivity index (χ0) is 20.3. The number of non-ortho nitro benzene ring substituents is 1. The van der Waals surface area contributed by atoms with Crippen LogP contribution in [0.15, 0.2) is 52.9 Å². The summed E-state index contributed by atoms with van der Waals surface area (Å²) in [4.78, 5) is 22.6. The van der Waals surface area contributed by atoms with E-state index in [1.807, 2.05) is 0 Å². The molecule has 0 saturated carbocycles. The number of hydrogen-bond donors (Lipinski definition) is 1. The Balaban J connectivity index is 1.64. The number of ether oxygens (including phenoxy) is 1. The van der Waals surface area contributed by atoms with Gasteiger partial charge in [0, 0.05) is 17.8 Å². The van der Waals surface area contributed by atoms with Crippen LogP contribution in [-0.4, -0.2) is 10.8 Å². The van der Waals surface area contributed by atoms with Gasteiger partial charge in [0.25, 0.3) is 11.6 Å². The predicted octanol–water partition coefficient (Wildman–Crippen LogP) is 5.12. The summed E-state index contributed by atoms with van der Waals surface area (Å²) in [7, 11) is 0. The number of nitrogens with zero attached hydrogens (tertiary/aromatic N) is 1. The van der Waals surface area contributed by atoms with Crippen molar-refractivity contribution >= 4 is 28.9 Å². The first-order valence-corrected chi connectivity index (χ1v) is 8.44. The van der Waals surface area contributed by atoms with Gasteiger partial charge in [-0.15, -0.1) is 0 Å². The van der Waals surface area contributed by atoms with Crippen LogP contribution in [0.25, 0.3) is 0 Å². The molecule has 0 atom stereocenters. The quantitative estimate of drug-likeness (QED) is 0.454. The summed E-state index contributed by atoms with van der Waals surface area (Å²) in [5.74, 6) is -0.293. The number of nitro benzene ring substituents is 1. The molecule has 0 saturated heterocycles. The van der Waals surface area contributed by atoms with E-state index >= 15 is 0 Å². The van der Waals surface area contributed by atoms with E-state index in [0.717, 1.165) is 6.07 Å². The number of hydrogen-bond acceptors (Lipinski definition) is 5. The van der Waals surface area contributed by atoms with Gasteiger partial charge >= 0.3 is 0 Å². The normalized spacial score (nSPS) is 10.5. The molecular formula is C19H14ClFN2O5. The van der Waals surface area contributed by atoms with Crippen LogP contribution in [0, 0.1) is 22.9 Å². The molecule has 0 spiro atoms. The largest absolute Gasteiger partial charge is 0.484 e. The van der Waals surface area contributed by atoms with Crippen molar-refractivity contribution in [3.05, 3.63) is 86.6 Å². The molecule has 0 bridgehead atoms. The molecule has 28 heavy (non-hydrogen) atoms. The van der Waals surface area contributed by atoms with Crippen LogP contribution >= 0.6 is 11.6 Å². The summed E-state index contributed by atoms with van der Waals surface area (Å²) < 4.78 is 23.9. The topological polar surface area (TPSA) is 94.6 Å². The summed E-state index contributed by atoms with van der Waals surface area (Å²) >= 11 is 5.89. The van der Waals surface area contributed by atoms with E-state index in [2.05, 4.69) is 5.32 Å². The number of rotatable bonds is 6.